The van der Waals surface area contributed by atoms with Gasteiger partial charge in [0.2, 0.25) is 0 Å². The van der Waals surface area contributed by atoms with E-state index in [1.165, 1.54) is 28.9 Å². The van der Waals surface area contributed by atoms with Crippen molar-refractivity contribution in [3.05, 3.63) is 101 Å². The minimum absolute atomic E-state index is 0.134. The Kier molecular flexibility index (Phi) is 9.02. The molecule has 0 spiro atoms. The molecule has 2 heterocycles. The maximum atomic E-state index is 15.4. The first-order valence-electron chi connectivity index (χ1n) is 13.1. The van der Waals surface area contributed by atoms with E-state index in [-0.39, 0.29) is 28.6 Å². The molecule has 0 bridgehead atoms. The Morgan fingerprint density at radius 1 is 0.956 bits per heavy atom. The second kappa shape index (κ2) is 12.4. The molecule has 2 aromatic heterocycles. The number of rotatable bonds is 5. The SMILES string of the molecule is CCc1ccc(F)c(C(c2cc3cc(N)ccc3c(N)n2)c2nc(-c3ccccc3C(F)(F)F)nn2C)c1.O=C(O)C(F)(F)F. The number of carboxylic acid groups (broad SMARTS) is 1. The molecule has 5 rings (SSSR count). The normalized spacial score (nSPS) is 12.5. The van der Waals surface area contributed by atoms with Crippen LogP contribution in [-0.4, -0.2) is 37.0 Å². The second-order valence-corrected chi connectivity index (χ2v) is 9.82. The van der Waals surface area contributed by atoms with E-state index in [9.17, 15) is 26.3 Å². The number of aliphatic carboxylic acids is 1. The number of aromatic nitrogens is 4. The van der Waals surface area contributed by atoms with Crippen molar-refractivity contribution in [2.75, 3.05) is 11.5 Å². The number of hydrogen-bond donors (Lipinski definition) is 3. The molecule has 0 aliphatic rings. The Morgan fingerprint density at radius 3 is 2.24 bits per heavy atom. The molecule has 3 aromatic carbocycles. The molecule has 15 heteroatoms. The number of carboxylic acids is 1. The van der Waals surface area contributed by atoms with Crippen LogP contribution in [0.4, 0.5) is 42.2 Å². The van der Waals surface area contributed by atoms with Crippen LogP contribution in [-0.2, 0) is 24.4 Å². The number of anilines is 2. The van der Waals surface area contributed by atoms with Crippen molar-refractivity contribution in [2.45, 2.75) is 31.6 Å². The van der Waals surface area contributed by atoms with Gasteiger partial charge >= 0.3 is 18.3 Å². The highest BCUT2D eigenvalue weighted by molar-refractivity contribution is 5.93. The highest BCUT2D eigenvalue weighted by atomic mass is 19.4. The number of nitrogen functional groups attached to an aromatic ring is 2. The zero-order valence-corrected chi connectivity index (χ0v) is 23.6. The van der Waals surface area contributed by atoms with Crippen molar-refractivity contribution < 1.29 is 40.6 Å². The molecular weight excluding hydrogens is 609 g/mol. The predicted octanol–water partition coefficient (Wildman–Crippen LogP) is 6.73. The third-order valence-corrected chi connectivity index (χ3v) is 6.75. The number of fused-ring (bicyclic) bond motifs is 1. The van der Waals surface area contributed by atoms with E-state index in [0.29, 0.717) is 28.6 Å². The van der Waals surface area contributed by atoms with Gasteiger partial charge in [-0.3, -0.25) is 4.68 Å². The van der Waals surface area contributed by atoms with Gasteiger partial charge < -0.3 is 16.6 Å². The molecule has 0 radical (unpaired) electrons. The van der Waals surface area contributed by atoms with E-state index in [0.717, 1.165) is 11.6 Å². The second-order valence-electron chi connectivity index (χ2n) is 9.82. The Morgan fingerprint density at radius 2 is 1.62 bits per heavy atom. The first kappa shape index (κ1) is 32.7. The molecule has 1 unspecified atom stereocenters. The van der Waals surface area contributed by atoms with Crippen molar-refractivity contribution in [3.63, 3.8) is 0 Å². The first-order valence-corrected chi connectivity index (χ1v) is 13.1. The Labute approximate surface area is 251 Å². The topological polar surface area (TPSA) is 133 Å². The van der Waals surface area contributed by atoms with Crippen molar-refractivity contribution >= 4 is 28.2 Å². The highest BCUT2D eigenvalue weighted by Crippen LogP contribution is 2.39. The fourth-order valence-corrected chi connectivity index (χ4v) is 4.63. The van der Waals surface area contributed by atoms with Gasteiger partial charge in [0.15, 0.2) is 5.82 Å². The lowest BCUT2D eigenvalue weighted by molar-refractivity contribution is -0.192. The minimum Gasteiger partial charge on any atom is -0.475 e. The summed E-state index contributed by atoms with van der Waals surface area (Å²) in [4.78, 5) is 18.0. The Bertz CT molecular complexity index is 1870. The molecule has 0 aliphatic heterocycles. The number of nitrogens with two attached hydrogens (primary N) is 2. The van der Waals surface area contributed by atoms with Crippen LogP contribution in [0.2, 0.25) is 0 Å². The molecule has 0 saturated heterocycles. The number of aryl methyl sites for hydroxylation is 2. The summed E-state index contributed by atoms with van der Waals surface area (Å²) in [5.74, 6) is -3.91. The third kappa shape index (κ3) is 7.13. The summed E-state index contributed by atoms with van der Waals surface area (Å²) in [5, 5.41) is 12.8. The molecule has 0 amide bonds. The van der Waals surface area contributed by atoms with Crippen LogP contribution in [0.1, 0.15) is 41.1 Å². The van der Waals surface area contributed by atoms with Crippen LogP contribution in [0.15, 0.2) is 66.7 Å². The van der Waals surface area contributed by atoms with Crippen LogP contribution in [0.3, 0.4) is 0 Å². The Balaban J connectivity index is 0.000000591. The van der Waals surface area contributed by atoms with Crippen molar-refractivity contribution in [3.8, 4) is 11.4 Å². The maximum Gasteiger partial charge on any atom is 0.490 e. The molecule has 45 heavy (non-hydrogen) atoms. The first-order chi connectivity index (χ1) is 21.0. The van der Waals surface area contributed by atoms with Crippen LogP contribution >= 0.6 is 0 Å². The maximum absolute atomic E-state index is 15.4. The number of pyridine rings is 1. The molecule has 236 valence electrons. The molecule has 0 saturated carbocycles. The molecule has 0 fully saturated rings. The van der Waals surface area contributed by atoms with Gasteiger partial charge in [0.05, 0.1) is 17.2 Å². The summed E-state index contributed by atoms with van der Waals surface area (Å²) in [6.07, 6.45) is -9.04. The van der Waals surface area contributed by atoms with Gasteiger partial charge in [-0.2, -0.15) is 31.4 Å². The highest BCUT2D eigenvalue weighted by Gasteiger charge is 2.38. The molecule has 1 atom stereocenters. The van der Waals surface area contributed by atoms with Gasteiger partial charge in [-0.05, 0) is 53.8 Å². The van der Waals surface area contributed by atoms with E-state index < -0.39 is 35.6 Å². The molecule has 0 aliphatic carbocycles. The standard InChI is InChI=1S/C28H24F4N6.C2HF3O2/c1-3-15-8-11-22(29)20(12-15)24(23-14-16-13-17(33)9-10-18(16)25(34)35-23)27-36-26(37-38(27)2)19-6-4-5-7-21(19)28(30,31)32;3-2(4,5)1(6)7/h4-14,24H,3,33H2,1-2H3,(H2,34,35);(H,6,7). The van der Waals surface area contributed by atoms with Crippen molar-refractivity contribution in [1.29, 1.82) is 0 Å². The smallest absolute Gasteiger partial charge is 0.475 e. The summed E-state index contributed by atoms with van der Waals surface area (Å²) in [6.45, 7) is 1.94. The van der Waals surface area contributed by atoms with Crippen LogP contribution in [0.25, 0.3) is 22.2 Å². The van der Waals surface area contributed by atoms with E-state index in [1.54, 1.807) is 43.4 Å². The Hall–Kier alpha value is -5.21. The van der Waals surface area contributed by atoms with Gasteiger partial charge in [-0.1, -0.05) is 37.3 Å². The zero-order chi connectivity index (χ0) is 33.3. The zero-order valence-electron chi connectivity index (χ0n) is 23.6. The van der Waals surface area contributed by atoms with Crippen molar-refractivity contribution in [1.82, 2.24) is 19.7 Å². The molecule has 8 nitrogen and oxygen atoms in total. The third-order valence-electron chi connectivity index (χ3n) is 6.75. The van der Waals surface area contributed by atoms with Gasteiger partial charge in [0, 0.05) is 29.2 Å². The summed E-state index contributed by atoms with van der Waals surface area (Å²) in [5.41, 5.74) is 13.2. The molecular formula is C30H25F7N6O2. The quantitative estimate of drug-likeness (QED) is 0.144. The monoisotopic (exact) mass is 634 g/mol. The van der Waals surface area contributed by atoms with E-state index >= 15 is 4.39 Å². The lowest BCUT2D eigenvalue weighted by Crippen LogP contribution is -2.21. The van der Waals surface area contributed by atoms with Gasteiger partial charge in [0.1, 0.15) is 17.5 Å². The fraction of sp³-hybridized carbons (Fsp3) is 0.200. The summed E-state index contributed by atoms with van der Waals surface area (Å²) >= 11 is 0. The number of carbonyl (C=O) groups is 1. The lowest BCUT2D eigenvalue weighted by atomic mass is 9.91. The number of hydrogen-bond acceptors (Lipinski definition) is 6. The van der Waals surface area contributed by atoms with E-state index in [2.05, 4.69) is 15.1 Å². The van der Waals surface area contributed by atoms with Crippen LogP contribution < -0.4 is 11.5 Å². The van der Waals surface area contributed by atoms with E-state index in [4.69, 9.17) is 21.4 Å². The van der Waals surface area contributed by atoms with Gasteiger partial charge in [-0.15, -0.1) is 0 Å². The van der Waals surface area contributed by atoms with Crippen molar-refractivity contribution in [2.24, 2.45) is 7.05 Å². The van der Waals surface area contributed by atoms with Crippen LogP contribution in [0.5, 0.6) is 0 Å². The lowest BCUT2D eigenvalue weighted by Gasteiger charge is -2.19. The average molecular weight is 635 g/mol. The summed E-state index contributed by atoms with van der Waals surface area (Å²) in [7, 11) is 1.55. The van der Waals surface area contributed by atoms with Crippen LogP contribution in [0, 0.1) is 5.82 Å². The summed E-state index contributed by atoms with van der Waals surface area (Å²) in [6, 6.07) is 16.7. The average Bonchev–Trinajstić information content (AvgIpc) is 3.34. The van der Waals surface area contributed by atoms with Gasteiger partial charge in [-0.25, -0.2) is 19.2 Å². The largest absolute Gasteiger partial charge is 0.490 e. The van der Waals surface area contributed by atoms with E-state index in [1.807, 2.05) is 6.92 Å². The number of halogens is 7. The minimum atomic E-state index is -5.08. The number of nitrogens with zero attached hydrogens (tertiary/aromatic N) is 4. The number of alkyl halides is 6. The molecule has 5 aromatic rings. The van der Waals surface area contributed by atoms with Gasteiger partial charge in [0.25, 0.3) is 0 Å². The predicted molar refractivity (Wildman–Crippen MR) is 152 cm³/mol. The fourth-order valence-electron chi connectivity index (χ4n) is 4.63. The number of benzene rings is 3. The summed E-state index contributed by atoms with van der Waals surface area (Å²) < 4.78 is 89.7. The molecule has 5 N–H and O–H groups in total.